The molecule has 0 aromatic heterocycles. The fraction of sp³-hybridized carbons (Fsp3) is 0.778. The Morgan fingerprint density at radius 2 is 0.818 bits per heavy atom. The Balaban J connectivity index is 2.17. The van der Waals surface area contributed by atoms with E-state index in [9.17, 15) is 9.59 Å². The van der Waals surface area contributed by atoms with E-state index >= 15 is 0 Å². The zero-order valence-corrected chi connectivity index (χ0v) is 28.8. The van der Waals surface area contributed by atoms with Crippen LogP contribution in [0.5, 0.6) is 0 Å². The first-order chi connectivity index (χ1) is 21.5. The van der Waals surface area contributed by atoms with Crippen LogP contribution in [0.2, 0.25) is 0 Å². The Morgan fingerprint density at radius 3 is 1.14 bits per heavy atom. The summed E-state index contributed by atoms with van der Waals surface area (Å²) in [5.74, 6) is 0. The normalized spacial score (nSPS) is 11.2. The van der Waals surface area contributed by atoms with E-state index in [4.69, 9.17) is 9.47 Å². The van der Waals surface area contributed by atoms with Crippen LogP contribution in [0.4, 0.5) is 21.0 Å². The van der Waals surface area contributed by atoms with Crippen LogP contribution in [0, 0.1) is 0 Å². The molecular formula is C36H66N4O4. The van der Waals surface area contributed by atoms with Crippen LogP contribution >= 0.6 is 0 Å². The highest BCUT2D eigenvalue weighted by Gasteiger charge is 2.09. The largest absolute Gasteiger partial charge is 0.448 e. The number of carbonyl (C=O) groups excluding carboxylic acids is 2. The molecule has 1 rings (SSSR count). The van der Waals surface area contributed by atoms with Gasteiger partial charge in [0.2, 0.25) is 0 Å². The van der Waals surface area contributed by atoms with Crippen molar-refractivity contribution in [3.05, 3.63) is 24.3 Å². The van der Waals surface area contributed by atoms with Gasteiger partial charge in [-0.3, -0.25) is 10.6 Å². The van der Waals surface area contributed by atoms with Gasteiger partial charge in [-0.25, -0.2) is 9.59 Å². The molecule has 0 heterocycles. The standard InChI is InChI=1S/C36H66N4O4/c1-5-9-11-13-15-17-19-21-27-39(7-3)29-31-43-35(41)37-33-23-25-34(26-24-33)38-36(42)44-32-30-40(8-4)28-22-20-18-16-14-12-10-6-2/h23-26H,5-22,27-32H2,1-4H3,(H,37,41)(H,38,42). The van der Waals surface area contributed by atoms with E-state index < -0.39 is 12.2 Å². The molecule has 0 aliphatic heterocycles. The average molecular weight is 619 g/mol. The van der Waals surface area contributed by atoms with Crippen molar-refractivity contribution in [2.24, 2.45) is 0 Å². The second kappa shape index (κ2) is 28.2. The van der Waals surface area contributed by atoms with Crippen LogP contribution in [0.25, 0.3) is 0 Å². The lowest BCUT2D eigenvalue weighted by molar-refractivity contribution is 0.139. The topological polar surface area (TPSA) is 83.1 Å². The van der Waals surface area contributed by atoms with Crippen LogP contribution < -0.4 is 10.6 Å². The van der Waals surface area contributed by atoms with Crippen molar-refractivity contribution in [3.8, 4) is 0 Å². The van der Waals surface area contributed by atoms with Gasteiger partial charge in [0.25, 0.3) is 0 Å². The molecule has 0 unspecified atom stereocenters. The van der Waals surface area contributed by atoms with Gasteiger partial charge in [-0.15, -0.1) is 0 Å². The molecule has 0 saturated heterocycles. The van der Waals surface area contributed by atoms with Crippen molar-refractivity contribution in [2.45, 2.75) is 130 Å². The molecule has 0 saturated carbocycles. The highest BCUT2D eigenvalue weighted by molar-refractivity contribution is 5.87. The second-order valence-electron chi connectivity index (χ2n) is 11.9. The fourth-order valence-electron chi connectivity index (χ4n) is 5.27. The lowest BCUT2D eigenvalue weighted by Crippen LogP contribution is -2.30. The minimum atomic E-state index is -0.472. The second-order valence-corrected chi connectivity index (χ2v) is 11.9. The lowest BCUT2D eigenvalue weighted by Gasteiger charge is -2.20. The summed E-state index contributed by atoms with van der Waals surface area (Å²) in [5, 5.41) is 5.51. The van der Waals surface area contributed by atoms with Crippen molar-refractivity contribution in [3.63, 3.8) is 0 Å². The maximum Gasteiger partial charge on any atom is 0.411 e. The summed E-state index contributed by atoms with van der Waals surface area (Å²) >= 11 is 0. The molecule has 254 valence electrons. The monoisotopic (exact) mass is 619 g/mol. The molecule has 8 nitrogen and oxygen atoms in total. The first kappa shape index (κ1) is 39.7. The van der Waals surface area contributed by atoms with Gasteiger partial charge in [-0.2, -0.15) is 0 Å². The van der Waals surface area contributed by atoms with Crippen molar-refractivity contribution < 1.29 is 19.1 Å². The summed E-state index contributed by atoms with van der Waals surface area (Å²) in [6.45, 7) is 15.0. The van der Waals surface area contributed by atoms with Gasteiger partial charge in [0, 0.05) is 24.5 Å². The molecule has 2 N–H and O–H groups in total. The minimum absolute atomic E-state index is 0.358. The molecule has 1 aromatic carbocycles. The number of rotatable bonds is 28. The molecule has 44 heavy (non-hydrogen) atoms. The highest BCUT2D eigenvalue weighted by Crippen LogP contribution is 2.15. The number of nitrogens with one attached hydrogen (secondary N) is 2. The quantitative estimate of drug-likeness (QED) is 0.0910. The molecule has 0 spiro atoms. The number of nitrogens with zero attached hydrogens (tertiary/aromatic N) is 2. The van der Waals surface area contributed by atoms with E-state index in [0.717, 1.165) is 39.3 Å². The molecule has 0 atom stereocenters. The summed E-state index contributed by atoms with van der Waals surface area (Å²) in [5.41, 5.74) is 1.22. The van der Waals surface area contributed by atoms with E-state index in [0.29, 0.717) is 24.6 Å². The van der Waals surface area contributed by atoms with Crippen LogP contribution in [0.15, 0.2) is 24.3 Å². The summed E-state index contributed by atoms with van der Waals surface area (Å²) < 4.78 is 10.8. The summed E-state index contributed by atoms with van der Waals surface area (Å²) in [6, 6.07) is 6.94. The van der Waals surface area contributed by atoms with Crippen molar-refractivity contribution in [1.29, 1.82) is 0 Å². The zero-order valence-electron chi connectivity index (χ0n) is 28.8. The first-order valence-electron chi connectivity index (χ1n) is 17.9. The SMILES string of the molecule is CCCCCCCCCCN(CC)CCOC(=O)Nc1ccc(NC(=O)OCCN(CC)CCCCCCCCCC)cc1. The Bertz CT molecular complexity index is 754. The molecule has 0 radical (unpaired) electrons. The Kier molecular flexibility index (Phi) is 25.4. The maximum absolute atomic E-state index is 12.3. The van der Waals surface area contributed by atoms with E-state index in [1.54, 1.807) is 24.3 Å². The van der Waals surface area contributed by atoms with Crippen LogP contribution in [0.1, 0.15) is 130 Å². The number of unbranched alkanes of at least 4 members (excludes halogenated alkanes) is 14. The number of hydrogen-bond donors (Lipinski definition) is 2. The van der Waals surface area contributed by atoms with Gasteiger partial charge in [0.05, 0.1) is 0 Å². The van der Waals surface area contributed by atoms with Crippen molar-refractivity contribution >= 4 is 23.6 Å². The van der Waals surface area contributed by atoms with Gasteiger partial charge in [-0.1, -0.05) is 118 Å². The van der Waals surface area contributed by atoms with Crippen LogP contribution in [-0.4, -0.2) is 74.5 Å². The first-order valence-corrected chi connectivity index (χ1v) is 17.9. The molecule has 0 fully saturated rings. The molecule has 1 aromatic rings. The summed E-state index contributed by atoms with van der Waals surface area (Å²) in [7, 11) is 0. The van der Waals surface area contributed by atoms with Crippen LogP contribution in [-0.2, 0) is 9.47 Å². The number of likely N-dealkylation sites (N-methyl/N-ethyl adjacent to an activating group) is 2. The predicted molar refractivity (Wildman–Crippen MR) is 186 cm³/mol. The number of hydrogen-bond acceptors (Lipinski definition) is 6. The van der Waals surface area contributed by atoms with Crippen molar-refractivity contribution in [1.82, 2.24) is 9.80 Å². The highest BCUT2D eigenvalue weighted by atomic mass is 16.6. The summed E-state index contributed by atoms with van der Waals surface area (Å²) in [4.78, 5) is 29.2. The Morgan fingerprint density at radius 1 is 0.500 bits per heavy atom. The van der Waals surface area contributed by atoms with E-state index in [1.807, 2.05) is 0 Å². The zero-order chi connectivity index (χ0) is 32.1. The molecule has 0 aliphatic carbocycles. The predicted octanol–water partition coefficient (Wildman–Crippen LogP) is 9.71. The lowest BCUT2D eigenvalue weighted by atomic mass is 10.1. The average Bonchev–Trinajstić information content (AvgIpc) is 3.02. The van der Waals surface area contributed by atoms with E-state index in [2.05, 4.69) is 48.1 Å². The van der Waals surface area contributed by atoms with Crippen molar-refractivity contribution in [2.75, 3.05) is 63.1 Å². The number of amides is 2. The third-order valence-corrected chi connectivity index (χ3v) is 8.21. The maximum atomic E-state index is 12.3. The minimum Gasteiger partial charge on any atom is -0.448 e. The van der Waals surface area contributed by atoms with Gasteiger partial charge < -0.3 is 19.3 Å². The molecule has 8 heteroatoms. The third kappa shape index (κ3) is 22.2. The Hall–Kier alpha value is -2.32. The Labute approximate surface area is 270 Å². The molecule has 0 bridgehead atoms. The van der Waals surface area contributed by atoms with Gasteiger partial charge in [0.1, 0.15) is 13.2 Å². The molecular weight excluding hydrogens is 552 g/mol. The number of benzene rings is 1. The molecule has 2 amide bonds. The fourth-order valence-corrected chi connectivity index (χ4v) is 5.27. The number of ether oxygens (including phenoxy) is 2. The van der Waals surface area contributed by atoms with E-state index in [1.165, 1.54) is 103 Å². The number of carbonyl (C=O) groups is 2. The number of anilines is 2. The van der Waals surface area contributed by atoms with Gasteiger partial charge in [-0.05, 0) is 63.3 Å². The third-order valence-electron chi connectivity index (χ3n) is 8.21. The summed E-state index contributed by atoms with van der Waals surface area (Å²) in [6.07, 6.45) is 20.0. The molecule has 0 aliphatic rings. The van der Waals surface area contributed by atoms with E-state index in [-0.39, 0.29) is 0 Å². The van der Waals surface area contributed by atoms with Gasteiger partial charge in [0.15, 0.2) is 0 Å². The van der Waals surface area contributed by atoms with Crippen LogP contribution in [0.3, 0.4) is 0 Å². The smallest absolute Gasteiger partial charge is 0.411 e. The van der Waals surface area contributed by atoms with Gasteiger partial charge >= 0.3 is 12.2 Å².